The van der Waals surface area contributed by atoms with Crippen LogP contribution in [0.15, 0.2) is 47.5 Å². The monoisotopic (exact) mass is 308 g/mol. The molecule has 0 spiro atoms. The Morgan fingerprint density at radius 2 is 1.91 bits per heavy atom. The largest absolute Gasteiger partial charge is 0.462 e. The van der Waals surface area contributed by atoms with E-state index in [9.17, 15) is 9.59 Å². The number of aryl methyl sites for hydroxylation is 1. The predicted molar refractivity (Wildman–Crippen MR) is 88.4 cm³/mol. The smallest absolute Gasteiger partial charge is 0.338 e. The van der Waals surface area contributed by atoms with Crippen molar-refractivity contribution in [1.29, 1.82) is 0 Å². The summed E-state index contributed by atoms with van der Waals surface area (Å²) in [5.41, 5.74) is 4.05. The van der Waals surface area contributed by atoms with E-state index >= 15 is 0 Å². The summed E-state index contributed by atoms with van der Waals surface area (Å²) in [6.07, 6.45) is 0. The van der Waals surface area contributed by atoms with Gasteiger partial charge in [-0.1, -0.05) is 18.2 Å². The number of ether oxygens (including phenoxy) is 1. The van der Waals surface area contributed by atoms with Crippen molar-refractivity contribution >= 4 is 29.0 Å². The normalized spacial score (nSPS) is 14.5. The number of fused-ring (bicyclic) bond motifs is 1. The molecule has 0 aromatic heterocycles. The van der Waals surface area contributed by atoms with Gasteiger partial charge in [0.25, 0.3) is 5.91 Å². The molecule has 0 bridgehead atoms. The van der Waals surface area contributed by atoms with Crippen molar-refractivity contribution < 1.29 is 14.3 Å². The molecule has 116 valence electrons. The molecule has 1 amide bonds. The van der Waals surface area contributed by atoms with Gasteiger partial charge in [-0.25, -0.2) is 9.79 Å². The van der Waals surface area contributed by atoms with Gasteiger partial charge in [-0.15, -0.1) is 0 Å². The number of esters is 1. The van der Waals surface area contributed by atoms with Crippen LogP contribution < -0.4 is 5.32 Å². The number of hydrogen-bond donors (Lipinski definition) is 1. The summed E-state index contributed by atoms with van der Waals surface area (Å²) in [5.74, 6) is -0.588. The average molecular weight is 308 g/mol. The number of carbonyl (C=O) groups is 2. The molecule has 1 N–H and O–H groups in total. The van der Waals surface area contributed by atoms with Crippen LogP contribution in [0.5, 0.6) is 0 Å². The van der Waals surface area contributed by atoms with Gasteiger partial charge in [-0.3, -0.25) is 4.79 Å². The van der Waals surface area contributed by atoms with E-state index in [1.54, 1.807) is 31.2 Å². The Labute approximate surface area is 134 Å². The van der Waals surface area contributed by atoms with Gasteiger partial charge in [-0.2, -0.15) is 0 Å². The second-order valence-corrected chi connectivity index (χ2v) is 5.18. The van der Waals surface area contributed by atoms with E-state index < -0.39 is 0 Å². The third-order valence-electron chi connectivity index (χ3n) is 3.60. The summed E-state index contributed by atoms with van der Waals surface area (Å²) in [7, 11) is 0. The lowest BCUT2D eigenvalue weighted by Crippen LogP contribution is -2.14. The van der Waals surface area contributed by atoms with E-state index in [0.29, 0.717) is 23.6 Å². The van der Waals surface area contributed by atoms with Gasteiger partial charge in [0.1, 0.15) is 5.71 Å². The van der Waals surface area contributed by atoms with Crippen molar-refractivity contribution in [1.82, 2.24) is 0 Å². The average Bonchev–Trinajstić information content (AvgIpc) is 2.86. The molecule has 0 saturated heterocycles. The number of benzene rings is 2. The van der Waals surface area contributed by atoms with E-state index in [4.69, 9.17) is 4.74 Å². The van der Waals surface area contributed by atoms with E-state index in [1.165, 1.54) is 0 Å². The van der Waals surface area contributed by atoms with Gasteiger partial charge in [0.05, 0.1) is 23.5 Å². The third-order valence-corrected chi connectivity index (χ3v) is 3.60. The molecule has 2 aromatic carbocycles. The maximum atomic E-state index is 12.1. The third kappa shape index (κ3) is 2.85. The zero-order valence-corrected chi connectivity index (χ0v) is 12.9. The highest BCUT2D eigenvalue weighted by Gasteiger charge is 2.26. The molecule has 0 aliphatic carbocycles. The minimum atomic E-state index is -0.369. The molecule has 23 heavy (non-hydrogen) atoms. The zero-order chi connectivity index (χ0) is 16.4. The number of rotatable bonds is 3. The standard InChI is InChI=1S/C18H16N2O3/c1-3-23-18(22)12-7-9-13(10-8-12)19-16-14-6-4-5-11(2)15(14)20-17(16)21/h4-10H,3H2,1-2H3,(H,19,20,21). The number of carbonyl (C=O) groups excluding carboxylic acids is 2. The number of nitrogens with zero attached hydrogens (tertiary/aromatic N) is 1. The fraction of sp³-hybridized carbons (Fsp3) is 0.167. The molecule has 1 heterocycles. The summed E-state index contributed by atoms with van der Waals surface area (Å²) in [4.78, 5) is 28.2. The van der Waals surface area contributed by atoms with E-state index in [-0.39, 0.29) is 11.9 Å². The van der Waals surface area contributed by atoms with Gasteiger partial charge in [0, 0.05) is 5.56 Å². The van der Waals surface area contributed by atoms with Gasteiger partial charge in [0.15, 0.2) is 0 Å². The maximum absolute atomic E-state index is 12.1. The molecule has 2 aromatic rings. The van der Waals surface area contributed by atoms with Crippen molar-refractivity contribution in [2.45, 2.75) is 13.8 Å². The molecule has 0 fully saturated rings. The van der Waals surface area contributed by atoms with Crippen LogP contribution in [-0.2, 0) is 9.53 Å². The first-order valence-corrected chi connectivity index (χ1v) is 7.37. The molecule has 0 atom stereocenters. The minimum absolute atomic E-state index is 0.219. The van der Waals surface area contributed by atoms with Crippen LogP contribution in [0, 0.1) is 6.92 Å². The number of amides is 1. The van der Waals surface area contributed by atoms with Crippen LogP contribution in [0.3, 0.4) is 0 Å². The van der Waals surface area contributed by atoms with Crippen molar-refractivity contribution in [3.8, 4) is 0 Å². The van der Waals surface area contributed by atoms with Gasteiger partial charge in [0.2, 0.25) is 0 Å². The number of hydrogen-bond acceptors (Lipinski definition) is 4. The Balaban J connectivity index is 1.92. The Morgan fingerprint density at radius 1 is 1.17 bits per heavy atom. The van der Waals surface area contributed by atoms with E-state index in [1.807, 2.05) is 25.1 Å². The van der Waals surface area contributed by atoms with Crippen LogP contribution in [-0.4, -0.2) is 24.2 Å². The highest BCUT2D eigenvalue weighted by atomic mass is 16.5. The summed E-state index contributed by atoms with van der Waals surface area (Å²) in [6, 6.07) is 12.4. The first-order chi connectivity index (χ1) is 11.1. The minimum Gasteiger partial charge on any atom is -0.462 e. The summed E-state index contributed by atoms with van der Waals surface area (Å²) in [6.45, 7) is 4.03. The van der Waals surface area contributed by atoms with Crippen molar-refractivity contribution in [3.05, 3.63) is 59.2 Å². The molecule has 0 saturated carbocycles. The van der Waals surface area contributed by atoms with Crippen molar-refractivity contribution in [2.75, 3.05) is 11.9 Å². The molecule has 5 nitrogen and oxygen atoms in total. The fourth-order valence-electron chi connectivity index (χ4n) is 2.45. The fourth-order valence-corrected chi connectivity index (χ4v) is 2.45. The molecule has 1 aliphatic heterocycles. The molecule has 0 radical (unpaired) electrons. The Hall–Kier alpha value is -2.95. The van der Waals surface area contributed by atoms with Crippen LogP contribution in [0.25, 0.3) is 0 Å². The van der Waals surface area contributed by atoms with Gasteiger partial charge >= 0.3 is 5.97 Å². The second-order valence-electron chi connectivity index (χ2n) is 5.18. The quantitative estimate of drug-likeness (QED) is 0.885. The molecule has 0 unspecified atom stereocenters. The van der Waals surface area contributed by atoms with Crippen molar-refractivity contribution in [2.24, 2.45) is 4.99 Å². The molecular formula is C18H16N2O3. The SMILES string of the molecule is CCOC(=O)c1ccc(N=C2C(=O)Nc3c(C)cccc32)cc1. The second kappa shape index (κ2) is 6.04. The van der Waals surface area contributed by atoms with Gasteiger partial charge < -0.3 is 10.1 Å². The summed E-state index contributed by atoms with van der Waals surface area (Å²) >= 11 is 0. The van der Waals surface area contributed by atoms with Gasteiger partial charge in [-0.05, 0) is 43.7 Å². The predicted octanol–water partition coefficient (Wildman–Crippen LogP) is 3.24. The highest BCUT2D eigenvalue weighted by Crippen LogP contribution is 2.28. The lowest BCUT2D eigenvalue weighted by atomic mass is 10.1. The Bertz CT molecular complexity index is 808. The van der Waals surface area contributed by atoms with Crippen LogP contribution in [0.4, 0.5) is 11.4 Å². The summed E-state index contributed by atoms with van der Waals surface area (Å²) < 4.78 is 4.94. The Kier molecular flexibility index (Phi) is 3.93. The van der Waals surface area contributed by atoms with E-state index in [0.717, 1.165) is 16.8 Å². The van der Waals surface area contributed by atoms with Crippen LogP contribution in [0.2, 0.25) is 0 Å². The van der Waals surface area contributed by atoms with Crippen LogP contribution in [0.1, 0.15) is 28.4 Å². The number of aliphatic imine (C=N–C) groups is 1. The molecule has 3 rings (SSSR count). The first-order valence-electron chi connectivity index (χ1n) is 7.37. The topological polar surface area (TPSA) is 67.8 Å². The number of anilines is 1. The van der Waals surface area contributed by atoms with E-state index in [2.05, 4.69) is 10.3 Å². The molecular weight excluding hydrogens is 292 g/mol. The van der Waals surface area contributed by atoms with Crippen molar-refractivity contribution in [3.63, 3.8) is 0 Å². The lowest BCUT2D eigenvalue weighted by Gasteiger charge is -2.02. The zero-order valence-electron chi connectivity index (χ0n) is 12.9. The molecule has 5 heteroatoms. The lowest BCUT2D eigenvalue weighted by molar-refractivity contribution is -0.110. The molecule has 1 aliphatic rings. The first kappa shape index (κ1) is 15.0. The maximum Gasteiger partial charge on any atom is 0.338 e. The number of nitrogens with one attached hydrogen (secondary N) is 1. The van der Waals surface area contributed by atoms with Crippen LogP contribution >= 0.6 is 0 Å². The summed E-state index contributed by atoms with van der Waals surface area (Å²) in [5, 5.41) is 2.84. The Morgan fingerprint density at radius 3 is 2.61 bits per heavy atom. The highest BCUT2D eigenvalue weighted by molar-refractivity contribution is 6.54. The number of para-hydroxylation sites is 1.